The predicted molar refractivity (Wildman–Crippen MR) is 59.0 cm³/mol. The summed E-state index contributed by atoms with van der Waals surface area (Å²) in [6.45, 7) is 0.967. The van der Waals surface area contributed by atoms with Crippen molar-refractivity contribution in [3.05, 3.63) is 29.3 Å². The number of rotatable bonds is 5. The number of aldehydes is 1. The average molecular weight is 312 g/mol. The van der Waals surface area contributed by atoms with Crippen molar-refractivity contribution < 1.29 is 41.0 Å². The Balaban J connectivity index is 3.24. The first-order valence-corrected chi connectivity index (χ1v) is 5.52. The summed E-state index contributed by atoms with van der Waals surface area (Å²) in [6, 6.07) is 1.61. The van der Waals surface area contributed by atoms with Gasteiger partial charge in [-0.05, 0) is 19.1 Å². The smallest absolute Gasteiger partial charge is 0.461 e. The molecule has 21 heavy (non-hydrogen) atoms. The van der Waals surface area contributed by atoms with Crippen LogP contribution in [0.5, 0.6) is 5.75 Å². The number of halogens is 5. The van der Waals surface area contributed by atoms with Crippen LogP contribution in [0.3, 0.4) is 0 Å². The second-order valence-corrected chi connectivity index (χ2v) is 3.71. The molecule has 0 radical (unpaired) electrons. The highest BCUT2D eigenvalue weighted by atomic mass is 19.4. The average Bonchev–Trinajstić information content (AvgIpc) is 2.37. The third-order valence-electron chi connectivity index (χ3n) is 2.26. The van der Waals surface area contributed by atoms with Crippen molar-refractivity contribution in [2.75, 3.05) is 6.61 Å². The standard InChI is InChI=1S/C12H9F5O4/c1-2-20-10(19)11(13,14)8-4-3-7(6-18)9(5-8)21-12(15,16)17/h3-6H,2H2,1H3. The summed E-state index contributed by atoms with van der Waals surface area (Å²) in [5, 5.41) is 0. The molecule has 1 aromatic carbocycles. The van der Waals surface area contributed by atoms with Gasteiger partial charge in [0.05, 0.1) is 12.2 Å². The third kappa shape index (κ3) is 4.14. The van der Waals surface area contributed by atoms with Crippen molar-refractivity contribution in [2.24, 2.45) is 0 Å². The van der Waals surface area contributed by atoms with Crippen LogP contribution in [-0.4, -0.2) is 25.2 Å². The van der Waals surface area contributed by atoms with E-state index in [1.165, 1.54) is 6.92 Å². The second-order valence-electron chi connectivity index (χ2n) is 3.71. The summed E-state index contributed by atoms with van der Waals surface area (Å²) in [7, 11) is 0. The van der Waals surface area contributed by atoms with E-state index in [0.29, 0.717) is 12.1 Å². The molecule has 9 heteroatoms. The van der Waals surface area contributed by atoms with Gasteiger partial charge in [0.1, 0.15) is 5.75 Å². The molecule has 0 saturated heterocycles. The molecule has 4 nitrogen and oxygen atoms in total. The lowest BCUT2D eigenvalue weighted by Gasteiger charge is -2.17. The Hall–Kier alpha value is -2.19. The molecule has 0 amide bonds. The van der Waals surface area contributed by atoms with Gasteiger partial charge in [-0.15, -0.1) is 13.2 Å². The molecule has 0 heterocycles. The fourth-order valence-corrected chi connectivity index (χ4v) is 1.38. The van der Waals surface area contributed by atoms with Crippen molar-refractivity contribution in [1.29, 1.82) is 0 Å². The van der Waals surface area contributed by atoms with E-state index in [9.17, 15) is 31.5 Å². The van der Waals surface area contributed by atoms with Gasteiger partial charge in [0.2, 0.25) is 0 Å². The van der Waals surface area contributed by atoms with E-state index >= 15 is 0 Å². The molecule has 0 aliphatic heterocycles. The van der Waals surface area contributed by atoms with Gasteiger partial charge in [-0.3, -0.25) is 4.79 Å². The van der Waals surface area contributed by atoms with Crippen LogP contribution in [0.1, 0.15) is 22.8 Å². The molecule has 0 atom stereocenters. The lowest BCUT2D eigenvalue weighted by atomic mass is 10.1. The maximum Gasteiger partial charge on any atom is 0.573 e. The summed E-state index contributed by atoms with van der Waals surface area (Å²) in [5.41, 5.74) is -1.67. The third-order valence-corrected chi connectivity index (χ3v) is 2.26. The largest absolute Gasteiger partial charge is 0.573 e. The van der Waals surface area contributed by atoms with E-state index in [1.807, 2.05) is 0 Å². The zero-order chi connectivity index (χ0) is 16.3. The van der Waals surface area contributed by atoms with Crippen LogP contribution in [0.25, 0.3) is 0 Å². The summed E-state index contributed by atoms with van der Waals surface area (Å²) in [5.74, 6) is -7.21. The van der Waals surface area contributed by atoms with Gasteiger partial charge in [-0.2, -0.15) is 8.78 Å². The van der Waals surface area contributed by atoms with E-state index in [4.69, 9.17) is 0 Å². The number of hydrogen-bond donors (Lipinski definition) is 0. The van der Waals surface area contributed by atoms with E-state index in [0.717, 1.165) is 0 Å². The Morgan fingerprint density at radius 3 is 2.33 bits per heavy atom. The van der Waals surface area contributed by atoms with Crippen LogP contribution >= 0.6 is 0 Å². The Labute approximate surface area is 115 Å². The van der Waals surface area contributed by atoms with Gasteiger partial charge in [-0.1, -0.05) is 6.07 Å². The minimum Gasteiger partial charge on any atom is -0.461 e. The zero-order valence-corrected chi connectivity index (χ0v) is 10.5. The molecule has 0 saturated carbocycles. The van der Waals surface area contributed by atoms with Crippen molar-refractivity contribution in [2.45, 2.75) is 19.2 Å². The van der Waals surface area contributed by atoms with Gasteiger partial charge < -0.3 is 9.47 Å². The van der Waals surface area contributed by atoms with E-state index in [1.54, 1.807) is 0 Å². The maximum atomic E-state index is 13.7. The molecule has 116 valence electrons. The molecule has 0 N–H and O–H groups in total. The Morgan fingerprint density at radius 1 is 1.24 bits per heavy atom. The van der Waals surface area contributed by atoms with Crippen LogP contribution < -0.4 is 4.74 Å². The van der Waals surface area contributed by atoms with Gasteiger partial charge >= 0.3 is 18.3 Å². The molecular formula is C12H9F5O4. The highest BCUT2D eigenvalue weighted by Gasteiger charge is 2.43. The normalized spacial score (nSPS) is 11.9. The predicted octanol–water partition coefficient (Wildman–Crippen LogP) is 3.05. The summed E-state index contributed by atoms with van der Waals surface area (Å²) in [6.07, 6.45) is -5.16. The van der Waals surface area contributed by atoms with Crippen molar-refractivity contribution in [1.82, 2.24) is 0 Å². The number of ether oxygens (including phenoxy) is 2. The van der Waals surface area contributed by atoms with Crippen molar-refractivity contribution in [3.63, 3.8) is 0 Å². The van der Waals surface area contributed by atoms with Crippen LogP contribution in [0.15, 0.2) is 18.2 Å². The minimum absolute atomic E-state index is 0.00730. The van der Waals surface area contributed by atoms with E-state index in [2.05, 4.69) is 9.47 Å². The van der Waals surface area contributed by atoms with Crippen LogP contribution in [0, 0.1) is 0 Å². The van der Waals surface area contributed by atoms with Gasteiger partial charge in [-0.25, -0.2) is 4.79 Å². The number of alkyl halides is 5. The Bertz CT molecular complexity index is 539. The van der Waals surface area contributed by atoms with Gasteiger partial charge in [0, 0.05) is 5.56 Å². The van der Waals surface area contributed by atoms with Gasteiger partial charge in [0.15, 0.2) is 6.29 Å². The maximum absolute atomic E-state index is 13.7. The monoisotopic (exact) mass is 312 g/mol. The number of benzene rings is 1. The molecule has 1 rings (SSSR count). The van der Waals surface area contributed by atoms with Crippen LogP contribution in [0.2, 0.25) is 0 Å². The zero-order valence-electron chi connectivity index (χ0n) is 10.5. The molecule has 0 bridgehead atoms. The summed E-state index contributed by atoms with van der Waals surface area (Å²) < 4.78 is 71.4. The van der Waals surface area contributed by atoms with Gasteiger partial charge in [0.25, 0.3) is 0 Å². The molecule has 0 aromatic heterocycles. The minimum atomic E-state index is -5.17. The first-order valence-electron chi connectivity index (χ1n) is 5.52. The molecule has 0 aliphatic carbocycles. The second kappa shape index (κ2) is 6.06. The number of carbonyl (C=O) groups excluding carboxylic acids is 2. The quantitative estimate of drug-likeness (QED) is 0.476. The highest BCUT2D eigenvalue weighted by Crippen LogP contribution is 2.34. The van der Waals surface area contributed by atoms with Crippen LogP contribution in [0.4, 0.5) is 22.0 Å². The lowest BCUT2D eigenvalue weighted by molar-refractivity contribution is -0.274. The molecule has 0 aliphatic rings. The first-order chi connectivity index (χ1) is 9.61. The summed E-state index contributed by atoms with van der Waals surface area (Å²) >= 11 is 0. The molecule has 1 aromatic rings. The molecule has 0 unspecified atom stereocenters. The lowest BCUT2D eigenvalue weighted by Crippen LogP contribution is -2.28. The molecule has 0 spiro atoms. The first kappa shape index (κ1) is 16.9. The Kier molecular flexibility index (Phi) is 4.87. The van der Waals surface area contributed by atoms with E-state index in [-0.39, 0.29) is 19.0 Å². The fourth-order valence-electron chi connectivity index (χ4n) is 1.38. The fraction of sp³-hybridized carbons (Fsp3) is 0.333. The number of hydrogen-bond acceptors (Lipinski definition) is 4. The molecule has 0 fully saturated rings. The van der Waals surface area contributed by atoms with E-state index < -0.39 is 35.1 Å². The van der Waals surface area contributed by atoms with Crippen molar-refractivity contribution in [3.8, 4) is 5.75 Å². The number of esters is 1. The summed E-state index contributed by atoms with van der Waals surface area (Å²) in [4.78, 5) is 21.7. The van der Waals surface area contributed by atoms with Crippen molar-refractivity contribution >= 4 is 12.3 Å². The number of carbonyl (C=O) groups is 2. The Morgan fingerprint density at radius 2 is 1.86 bits per heavy atom. The highest BCUT2D eigenvalue weighted by molar-refractivity contribution is 5.82. The molecular weight excluding hydrogens is 303 g/mol. The van der Waals surface area contributed by atoms with Crippen LogP contribution in [-0.2, 0) is 15.5 Å². The topological polar surface area (TPSA) is 52.6 Å². The SMILES string of the molecule is CCOC(=O)C(F)(F)c1ccc(C=O)c(OC(F)(F)F)c1.